The van der Waals surface area contributed by atoms with Gasteiger partial charge in [0.05, 0.1) is 23.1 Å². The van der Waals surface area contributed by atoms with Gasteiger partial charge >= 0.3 is 5.69 Å². The molecule has 1 aromatic heterocycles. The number of para-hydroxylation sites is 1. The standard InChI is InChI=1S/C19H14ClN3O4/c20-10-6-7-12-13(9-15(18(25)26)21-14(12)8-10)16-17(24)23(19(27)22-16)11-4-2-1-3-5-11/h1-8,15,24H,9H2,(H,22,27)(H,25,26)/p-1. The highest BCUT2D eigenvalue weighted by Gasteiger charge is 2.24. The Morgan fingerprint density at radius 1 is 1.26 bits per heavy atom. The van der Waals surface area contributed by atoms with Crippen LogP contribution < -0.4 is 21.4 Å². The monoisotopic (exact) mass is 382 g/mol. The van der Waals surface area contributed by atoms with E-state index in [1.807, 2.05) is 0 Å². The first-order valence-corrected chi connectivity index (χ1v) is 8.50. The molecule has 27 heavy (non-hydrogen) atoms. The fourth-order valence-electron chi connectivity index (χ4n) is 3.21. The van der Waals surface area contributed by atoms with Gasteiger partial charge in [0.1, 0.15) is 5.69 Å². The van der Waals surface area contributed by atoms with E-state index in [0.29, 0.717) is 26.9 Å². The summed E-state index contributed by atoms with van der Waals surface area (Å²) < 4.78 is 1.12. The van der Waals surface area contributed by atoms with Gasteiger partial charge in [-0.3, -0.25) is 4.99 Å². The number of aromatic nitrogens is 2. The van der Waals surface area contributed by atoms with Gasteiger partial charge in [0, 0.05) is 16.7 Å². The molecule has 1 unspecified atom stereocenters. The third-order valence-electron chi connectivity index (χ3n) is 4.44. The van der Waals surface area contributed by atoms with Crippen LogP contribution in [0.4, 0.5) is 0 Å². The number of carbonyl (C=O) groups is 1. The number of carboxylic acids is 1. The average molecular weight is 383 g/mol. The van der Waals surface area contributed by atoms with Crippen LogP contribution in [-0.4, -0.2) is 26.7 Å². The third kappa shape index (κ3) is 2.92. The number of carbonyl (C=O) groups excluding carboxylic acids is 1. The van der Waals surface area contributed by atoms with Crippen molar-refractivity contribution >= 4 is 23.1 Å². The van der Waals surface area contributed by atoms with E-state index in [1.54, 1.807) is 42.5 Å². The van der Waals surface area contributed by atoms with E-state index in [-0.39, 0.29) is 18.0 Å². The molecule has 1 aliphatic rings. The summed E-state index contributed by atoms with van der Waals surface area (Å²) in [5.41, 5.74) is 0.546. The van der Waals surface area contributed by atoms with Crippen LogP contribution in [-0.2, 0) is 4.79 Å². The van der Waals surface area contributed by atoms with E-state index in [1.165, 1.54) is 6.07 Å². The predicted octanol–water partition coefficient (Wildman–Crippen LogP) is -0.135. The number of rotatable bonds is 3. The molecule has 3 aromatic rings. The number of hydrogen-bond donors (Lipinski definition) is 2. The Bertz CT molecular complexity index is 1230. The van der Waals surface area contributed by atoms with Crippen molar-refractivity contribution in [1.82, 2.24) is 9.55 Å². The Balaban J connectivity index is 2.00. The number of aromatic amines is 1. The van der Waals surface area contributed by atoms with E-state index in [9.17, 15) is 19.8 Å². The number of halogens is 1. The fraction of sp³-hybridized carbons (Fsp3) is 0.105. The van der Waals surface area contributed by atoms with Crippen LogP contribution in [0.5, 0.6) is 5.88 Å². The van der Waals surface area contributed by atoms with Crippen molar-refractivity contribution < 1.29 is 15.0 Å². The first-order valence-electron chi connectivity index (χ1n) is 8.13. The number of imidazole rings is 1. The molecule has 8 heteroatoms. The Labute approximate surface area is 157 Å². The quantitative estimate of drug-likeness (QED) is 0.657. The van der Waals surface area contributed by atoms with Gasteiger partial charge in [0.2, 0.25) is 5.88 Å². The Morgan fingerprint density at radius 2 is 2.00 bits per heavy atom. The Hall–Kier alpha value is -3.32. The lowest BCUT2D eigenvalue weighted by Crippen LogP contribution is -2.42. The molecule has 0 saturated carbocycles. The zero-order valence-corrected chi connectivity index (χ0v) is 14.6. The van der Waals surface area contributed by atoms with Gasteiger partial charge in [-0.05, 0) is 29.8 Å². The molecule has 2 N–H and O–H groups in total. The van der Waals surface area contributed by atoms with Crippen molar-refractivity contribution in [1.29, 1.82) is 0 Å². The minimum Gasteiger partial charge on any atom is -0.548 e. The van der Waals surface area contributed by atoms with E-state index < -0.39 is 17.7 Å². The van der Waals surface area contributed by atoms with Gasteiger partial charge in [-0.15, -0.1) is 0 Å². The SMILES string of the molecule is O=C([O-])C1CC(c2[nH]c(=O)n(-c3ccccc3)c2O)=c2ccc(Cl)cc2=N1. The maximum absolute atomic E-state index is 12.4. The molecule has 2 heterocycles. The number of hydrogen-bond acceptors (Lipinski definition) is 5. The molecule has 7 nitrogen and oxygen atoms in total. The molecule has 1 aliphatic heterocycles. The first-order chi connectivity index (χ1) is 13.0. The number of nitrogens with zero attached hydrogens (tertiary/aromatic N) is 2. The summed E-state index contributed by atoms with van der Waals surface area (Å²) in [6, 6.07) is 12.3. The van der Waals surface area contributed by atoms with Crippen molar-refractivity contribution in [3.8, 4) is 11.6 Å². The molecule has 0 bridgehead atoms. The number of aromatic hydroxyl groups is 1. The molecule has 4 rings (SSSR count). The van der Waals surface area contributed by atoms with E-state index >= 15 is 0 Å². The number of carboxylic acid groups (broad SMARTS) is 1. The third-order valence-corrected chi connectivity index (χ3v) is 4.67. The first kappa shape index (κ1) is 17.1. The summed E-state index contributed by atoms with van der Waals surface area (Å²) >= 11 is 5.99. The van der Waals surface area contributed by atoms with Crippen LogP contribution in [0.2, 0.25) is 5.02 Å². The van der Waals surface area contributed by atoms with Crippen LogP contribution >= 0.6 is 11.6 Å². The molecule has 0 amide bonds. The van der Waals surface area contributed by atoms with Gasteiger partial charge in [0.15, 0.2) is 0 Å². The maximum Gasteiger partial charge on any atom is 0.333 e. The second-order valence-corrected chi connectivity index (χ2v) is 6.54. The summed E-state index contributed by atoms with van der Waals surface area (Å²) in [7, 11) is 0. The summed E-state index contributed by atoms with van der Waals surface area (Å²) in [6.07, 6.45) is -0.0285. The van der Waals surface area contributed by atoms with Crippen LogP contribution in [0.25, 0.3) is 11.3 Å². The lowest BCUT2D eigenvalue weighted by molar-refractivity contribution is -0.307. The van der Waals surface area contributed by atoms with Crippen molar-refractivity contribution in [3.63, 3.8) is 0 Å². The highest BCUT2D eigenvalue weighted by molar-refractivity contribution is 6.30. The summed E-state index contributed by atoms with van der Waals surface area (Å²) in [5.74, 6) is -1.65. The van der Waals surface area contributed by atoms with Gasteiger partial charge in [-0.1, -0.05) is 35.9 Å². The maximum atomic E-state index is 12.4. The molecule has 136 valence electrons. The smallest absolute Gasteiger partial charge is 0.333 e. The molecular formula is C19H13ClN3O4-. The lowest BCUT2D eigenvalue weighted by atomic mass is 9.97. The van der Waals surface area contributed by atoms with Crippen LogP contribution in [0.15, 0.2) is 58.3 Å². The summed E-state index contributed by atoms with van der Waals surface area (Å²) in [6.45, 7) is 0. The largest absolute Gasteiger partial charge is 0.548 e. The van der Waals surface area contributed by atoms with Crippen molar-refractivity contribution in [2.45, 2.75) is 12.5 Å². The number of nitrogens with one attached hydrogen (secondary N) is 1. The van der Waals surface area contributed by atoms with Crippen molar-refractivity contribution in [2.24, 2.45) is 4.99 Å². The van der Waals surface area contributed by atoms with Gasteiger partial charge in [-0.2, -0.15) is 0 Å². The zero-order valence-electron chi connectivity index (χ0n) is 13.8. The lowest BCUT2D eigenvalue weighted by Gasteiger charge is -2.19. The van der Waals surface area contributed by atoms with Crippen molar-refractivity contribution in [3.05, 3.63) is 80.3 Å². The van der Waals surface area contributed by atoms with Crippen molar-refractivity contribution in [2.75, 3.05) is 0 Å². The van der Waals surface area contributed by atoms with Gasteiger partial charge in [0.25, 0.3) is 0 Å². The molecule has 0 radical (unpaired) electrons. The zero-order chi connectivity index (χ0) is 19.1. The normalized spacial score (nSPS) is 15.9. The molecule has 1 atom stereocenters. The second-order valence-electron chi connectivity index (χ2n) is 6.11. The minimum absolute atomic E-state index is 0.0285. The van der Waals surface area contributed by atoms with Gasteiger partial charge in [-0.25, -0.2) is 9.36 Å². The molecule has 0 spiro atoms. The highest BCUT2D eigenvalue weighted by Crippen LogP contribution is 2.27. The van der Waals surface area contributed by atoms with Crippen LogP contribution in [0, 0.1) is 0 Å². The van der Waals surface area contributed by atoms with E-state index in [0.717, 1.165) is 4.57 Å². The Kier molecular flexibility index (Phi) is 4.08. The Morgan fingerprint density at radius 3 is 2.70 bits per heavy atom. The molecule has 0 saturated heterocycles. The fourth-order valence-corrected chi connectivity index (χ4v) is 3.38. The van der Waals surface area contributed by atoms with Crippen LogP contribution in [0.3, 0.4) is 0 Å². The van der Waals surface area contributed by atoms with Gasteiger partial charge < -0.3 is 20.0 Å². The van der Waals surface area contributed by atoms with E-state index in [2.05, 4.69) is 9.98 Å². The highest BCUT2D eigenvalue weighted by atomic mass is 35.5. The molecule has 0 fully saturated rings. The van der Waals surface area contributed by atoms with Crippen LogP contribution in [0.1, 0.15) is 12.1 Å². The topological polar surface area (TPSA) is 111 Å². The molecule has 0 aliphatic carbocycles. The second kappa shape index (κ2) is 6.44. The number of aliphatic carboxylic acids is 1. The summed E-state index contributed by atoms with van der Waals surface area (Å²) in [4.78, 5) is 30.6. The molecular weight excluding hydrogens is 370 g/mol. The number of benzene rings is 2. The minimum atomic E-state index is -1.34. The van der Waals surface area contributed by atoms with E-state index in [4.69, 9.17) is 11.6 Å². The molecule has 2 aromatic carbocycles. The average Bonchev–Trinajstić information content (AvgIpc) is 2.95. The predicted molar refractivity (Wildman–Crippen MR) is 96.2 cm³/mol. The summed E-state index contributed by atoms with van der Waals surface area (Å²) in [5, 5.41) is 23.5. The number of fused-ring (bicyclic) bond motifs is 1. The number of H-pyrrole nitrogens is 1.